The summed E-state index contributed by atoms with van der Waals surface area (Å²) in [5.41, 5.74) is 3.54. The summed E-state index contributed by atoms with van der Waals surface area (Å²) in [7, 11) is 0. The average Bonchev–Trinajstić information content (AvgIpc) is 2.40. The number of aromatic nitrogens is 1. The van der Waals surface area contributed by atoms with Crippen LogP contribution in [0.3, 0.4) is 0 Å². The third-order valence-electron chi connectivity index (χ3n) is 1.57. The van der Waals surface area contributed by atoms with Gasteiger partial charge in [-0.2, -0.15) is 0 Å². The van der Waals surface area contributed by atoms with Crippen LogP contribution in [0.2, 0.25) is 0 Å². The fourth-order valence-corrected chi connectivity index (χ4v) is 1.04. The first-order valence-electron chi connectivity index (χ1n) is 3.35. The van der Waals surface area contributed by atoms with E-state index in [1.54, 1.807) is 0 Å². The van der Waals surface area contributed by atoms with E-state index in [1.807, 2.05) is 0 Å². The number of rotatable bonds is 1. The predicted molar refractivity (Wildman–Crippen MR) is 46.9 cm³/mol. The second kappa shape index (κ2) is 2.40. The Balaban J connectivity index is 2.63. The van der Waals surface area contributed by atoms with Gasteiger partial charge >= 0.3 is 68.0 Å². The molecule has 0 unspecified atom stereocenters. The average molecular weight is 163 g/mol. The third kappa shape index (κ3) is 0.811. The molecule has 2 rings (SSSR count). The molecule has 5 nitrogen and oxygen atoms in total. The normalized spacial score (nSPS) is 12.7. The molecule has 2 heterocycles. The number of fused-ring (bicyclic) bond motifs is 1. The first kappa shape index (κ1) is 6.96. The Morgan fingerprint density at radius 1 is 1.67 bits per heavy atom. The molecule has 1 aliphatic heterocycles. The van der Waals surface area contributed by atoms with E-state index in [9.17, 15) is 5.11 Å². The van der Waals surface area contributed by atoms with Crippen LogP contribution in [0.1, 0.15) is 0 Å². The number of nitrogens with zero attached hydrogens (tertiary/aromatic N) is 1. The Kier molecular flexibility index (Phi) is 1.39. The van der Waals surface area contributed by atoms with Gasteiger partial charge in [0.25, 0.3) is 0 Å². The molecular weight excluding hydrogens is 157 g/mol. The van der Waals surface area contributed by atoms with Crippen LogP contribution in [0.15, 0.2) is 4.99 Å². The zero-order valence-electron chi connectivity index (χ0n) is 6.16. The van der Waals surface area contributed by atoms with Crippen molar-refractivity contribution in [2.45, 2.75) is 0 Å². The number of hydrogen-bond acceptors (Lipinski definition) is 4. The van der Waals surface area contributed by atoms with Gasteiger partial charge in [0.05, 0.1) is 0 Å². The van der Waals surface area contributed by atoms with E-state index < -0.39 is 0 Å². The van der Waals surface area contributed by atoms with Crippen molar-refractivity contribution in [3.8, 4) is 11.8 Å². The van der Waals surface area contributed by atoms with E-state index in [4.69, 9.17) is 4.84 Å². The van der Waals surface area contributed by atoms with Crippen LogP contribution in [0.25, 0.3) is 0 Å². The van der Waals surface area contributed by atoms with Crippen LogP contribution in [0, 0.1) is 0 Å². The molecule has 0 saturated heterocycles. The summed E-state index contributed by atoms with van der Waals surface area (Å²) in [6.07, 6.45) is 1.39. The van der Waals surface area contributed by atoms with Crippen LogP contribution < -0.4 is 15.8 Å². The van der Waals surface area contributed by atoms with Crippen molar-refractivity contribution >= 4 is 30.9 Å². The molecule has 0 spiro atoms. The number of hydroxylamine groups is 1. The molecule has 1 aromatic rings. The standard InChI is InChI=1S/C6H6BN3O2/c1-7-3-4-6(10-5(3)11)12-9-2-8-4/h2,10-11H,1H2,(H,8,9). The summed E-state index contributed by atoms with van der Waals surface area (Å²) < 4.78 is 0. The quantitative estimate of drug-likeness (QED) is 0.467. The first-order valence-corrected chi connectivity index (χ1v) is 3.35. The summed E-state index contributed by atoms with van der Waals surface area (Å²) in [6, 6.07) is 0. The van der Waals surface area contributed by atoms with Gasteiger partial charge in [-0.15, -0.1) is 0 Å². The SMILES string of the molecule is C=Bc1c(O)[nH]c2c1N=CNO2. The number of aliphatic imine (C=N–C) groups is 1. The molecule has 1 aliphatic rings. The van der Waals surface area contributed by atoms with E-state index in [2.05, 4.69) is 21.9 Å². The minimum absolute atomic E-state index is 0.0100. The number of aromatic hydroxyl groups is 1. The maximum absolute atomic E-state index is 9.29. The van der Waals surface area contributed by atoms with Crippen molar-refractivity contribution in [2.24, 2.45) is 4.99 Å². The third-order valence-corrected chi connectivity index (χ3v) is 1.57. The van der Waals surface area contributed by atoms with E-state index in [-0.39, 0.29) is 5.88 Å². The number of hydrogen-bond donors (Lipinski definition) is 3. The molecule has 0 radical (unpaired) electrons. The fourth-order valence-electron chi connectivity index (χ4n) is 1.04. The molecule has 0 aliphatic carbocycles. The number of nitrogens with one attached hydrogen (secondary N) is 2. The topological polar surface area (TPSA) is 69.6 Å². The Bertz CT molecular complexity index is 358. The van der Waals surface area contributed by atoms with Gasteiger partial charge in [-0.05, 0) is 0 Å². The molecule has 3 N–H and O–H groups in total. The molecule has 12 heavy (non-hydrogen) atoms. The van der Waals surface area contributed by atoms with Crippen molar-refractivity contribution < 1.29 is 9.94 Å². The van der Waals surface area contributed by atoms with E-state index >= 15 is 0 Å². The molecule has 0 atom stereocenters. The van der Waals surface area contributed by atoms with E-state index in [1.165, 1.54) is 13.3 Å². The number of H-pyrrole nitrogens is 1. The molecule has 0 amide bonds. The Labute approximate surface area is 68.9 Å². The Morgan fingerprint density at radius 2 is 2.50 bits per heavy atom. The van der Waals surface area contributed by atoms with Crippen LogP contribution in [-0.4, -0.2) is 29.8 Å². The van der Waals surface area contributed by atoms with Gasteiger partial charge in [0.2, 0.25) is 0 Å². The summed E-state index contributed by atoms with van der Waals surface area (Å²) in [5, 5.41) is 9.29. The summed E-state index contributed by atoms with van der Waals surface area (Å²) >= 11 is 0. The van der Waals surface area contributed by atoms with Gasteiger partial charge in [0.15, 0.2) is 0 Å². The molecule has 60 valence electrons. The van der Waals surface area contributed by atoms with Gasteiger partial charge in [0.1, 0.15) is 0 Å². The Hall–Kier alpha value is -1.72. The second-order valence-corrected chi connectivity index (χ2v) is 2.25. The van der Waals surface area contributed by atoms with Crippen LogP contribution in [0.4, 0.5) is 5.69 Å². The van der Waals surface area contributed by atoms with Crippen LogP contribution in [-0.2, 0) is 0 Å². The predicted octanol–water partition coefficient (Wildman–Crippen LogP) is -0.961. The van der Waals surface area contributed by atoms with Gasteiger partial charge in [-0.1, -0.05) is 0 Å². The van der Waals surface area contributed by atoms with Crippen molar-refractivity contribution in [3.63, 3.8) is 0 Å². The monoisotopic (exact) mass is 163 g/mol. The Morgan fingerprint density at radius 3 is 3.25 bits per heavy atom. The van der Waals surface area contributed by atoms with Crippen LogP contribution >= 0.6 is 0 Å². The summed E-state index contributed by atoms with van der Waals surface area (Å²) in [5.74, 6) is 0.403. The van der Waals surface area contributed by atoms with Gasteiger partial charge in [0, 0.05) is 0 Å². The van der Waals surface area contributed by atoms with Gasteiger partial charge in [-0.3, -0.25) is 0 Å². The molecule has 6 heteroatoms. The minimum atomic E-state index is 0.0100. The maximum atomic E-state index is 9.29. The van der Waals surface area contributed by atoms with Crippen LogP contribution in [0.5, 0.6) is 11.8 Å². The van der Waals surface area contributed by atoms with Crippen molar-refractivity contribution in [3.05, 3.63) is 0 Å². The summed E-state index contributed by atoms with van der Waals surface area (Å²) in [6.45, 7) is 5.05. The first-order chi connectivity index (χ1) is 5.83. The molecule has 0 saturated carbocycles. The molecular formula is C6H6BN3O2. The van der Waals surface area contributed by atoms with E-state index in [0.717, 1.165) is 0 Å². The van der Waals surface area contributed by atoms with Gasteiger partial charge in [-0.25, -0.2) is 0 Å². The van der Waals surface area contributed by atoms with Crippen molar-refractivity contribution in [1.29, 1.82) is 0 Å². The fraction of sp³-hybridized carbons (Fsp3) is 0. The molecule has 1 aromatic heterocycles. The zero-order chi connectivity index (χ0) is 8.55. The van der Waals surface area contributed by atoms with Crippen molar-refractivity contribution in [1.82, 2.24) is 10.5 Å². The molecule has 0 fully saturated rings. The van der Waals surface area contributed by atoms with Crippen molar-refractivity contribution in [2.75, 3.05) is 0 Å². The number of aromatic amines is 1. The zero-order valence-corrected chi connectivity index (χ0v) is 6.16. The second-order valence-electron chi connectivity index (χ2n) is 2.25. The van der Waals surface area contributed by atoms with E-state index in [0.29, 0.717) is 17.0 Å². The summed E-state index contributed by atoms with van der Waals surface area (Å²) in [4.78, 5) is 11.5. The van der Waals surface area contributed by atoms with Gasteiger partial charge < -0.3 is 0 Å². The molecule has 0 aromatic carbocycles. The molecule has 0 bridgehead atoms.